The number of benzene rings is 3. The van der Waals surface area contributed by atoms with Gasteiger partial charge in [-0.05, 0) is 54.7 Å². The Labute approximate surface area is 183 Å². The molecule has 1 aliphatic carbocycles. The summed E-state index contributed by atoms with van der Waals surface area (Å²) in [5.74, 6) is -0.236. The van der Waals surface area contributed by atoms with E-state index in [9.17, 15) is 9.59 Å². The Hall–Kier alpha value is -3.66. The van der Waals surface area contributed by atoms with Crippen molar-refractivity contribution in [2.24, 2.45) is 0 Å². The van der Waals surface area contributed by atoms with Gasteiger partial charge in [0.05, 0.1) is 5.70 Å². The Morgan fingerprint density at radius 3 is 2.35 bits per heavy atom. The van der Waals surface area contributed by atoms with Crippen LogP contribution in [0.5, 0.6) is 0 Å². The highest BCUT2D eigenvalue weighted by Crippen LogP contribution is 2.21. The van der Waals surface area contributed by atoms with Gasteiger partial charge in [-0.2, -0.15) is 0 Å². The van der Waals surface area contributed by atoms with E-state index in [4.69, 9.17) is 0 Å². The van der Waals surface area contributed by atoms with Gasteiger partial charge >= 0.3 is 0 Å². The molecule has 3 aromatic carbocycles. The Balaban J connectivity index is 1.58. The summed E-state index contributed by atoms with van der Waals surface area (Å²) in [6.07, 6.45) is 3.03. The van der Waals surface area contributed by atoms with Crippen LogP contribution in [0.3, 0.4) is 0 Å². The van der Waals surface area contributed by atoms with Crippen molar-refractivity contribution >= 4 is 17.4 Å². The van der Waals surface area contributed by atoms with Crippen molar-refractivity contribution in [1.29, 1.82) is 0 Å². The molecule has 0 spiro atoms. The zero-order chi connectivity index (χ0) is 21.8. The van der Waals surface area contributed by atoms with Gasteiger partial charge in [-0.25, -0.2) is 0 Å². The predicted molar refractivity (Wildman–Crippen MR) is 124 cm³/mol. The van der Waals surface area contributed by atoms with Gasteiger partial charge in [0.15, 0.2) is 0 Å². The number of allylic oxidation sites excluding steroid dienone is 2. The number of anilines is 1. The second kappa shape index (κ2) is 9.00. The number of nitrogens with one attached hydrogen (secondary N) is 2. The number of fused-ring (bicyclic) bond motifs is 1. The second-order valence-electron chi connectivity index (χ2n) is 8.06. The largest absolute Gasteiger partial charge is 0.370 e. The van der Waals surface area contributed by atoms with E-state index in [0.717, 1.165) is 27.9 Å². The first-order valence-corrected chi connectivity index (χ1v) is 10.5. The Kier molecular flexibility index (Phi) is 5.99. The van der Waals surface area contributed by atoms with Crippen LogP contribution in [0.1, 0.15) is 32.6 Å². The number of rotatable bonds is 6. The van der Waals surface area contributed by atoms with Crippen molar-refractivity contribution in [3.05, 3.63) is 112 Å². The smallest absolute Gasteiger partial charge is 0.247 e. The summed E-state index contributed by atoms with van der Waals surface area (Å²) in [6, 6.07) is 22.8. The topological polar surface area (TPSA) is 58.2 Å². The summed E-state index contributed by atoms with van der Waals surface area (Å²) in [4.78, 5) is 26.3. The molecule has 3 aromatic rings. The fraction of sp³-hybridized carbons (Fsp3) is 0.185. The van der Waals surface area contributed by atoms with E-state index in [2.05, 4.69) is 16.7 Å². The average Bonchev–Trinajstić information content (AvgIpc) is 2.75. The first-order chi connectivity index (χ1) is 15.0. The van der Waals surface area contributed by atoms with Gasteiger partial charge in [-0.3, -0.25) is 9.59 Å². The molecule has 0 unspecified atom stereocenters. The summed E-state index contributed by atoms with van der Waals surface area (Å²) >= 11 is 0. The summed E-state index contributed by atoms with van der Waals surface area (Å²) in [7, 11) is 0. The molecule has 0 bridgehead atoms. The van der Waals surface area contributed by atoms with E-state index in [1.54, 1.807) is 0 Å². The molecule has 1 aliphatic rings. The van der Waals surface area contributed by atoms with Gasteiger partial charge in [0.2, 0.25) is 11.7 Å². The van der Waals surface area contributed by atoms with E-state index < -0.39 is 6.04 Å². The monoisotopic (exact) mass is 410 g/mol. The van der Waals surface area contributed by atoms with Gasteiger partial charge in [-0.15, -0.1) is 0 Å². The number of amides is 1. The van der Waals surface area contributed by atoms with Crippen LogP contribution in [-0.2, 0) is 17.6 Å². The molecule has 0 aromatic heterocycles. The number of carbonyl (C=O) groups excluding carboxylic acids is 2. The molecule has 156 valence electrons. The Morgan fingerprint density at radius 2 is 1.61 bits per heavy atom. The van der Waals surface area contributed by atoms with Gasteiger partial charge in [0, 0.05) is 17.7 Å². The lowest BCUT2D eigenvalue weighted by Crippen LogP contribution is -2.43. The zero-order valence-corrected chi connectivity index (χ0v) is 17.8. The third-order valence-corrected chi connectivity index (χ3v) is 5.45. The summed E-state index contributed by atoms with van der Waals surface area (Å²) in [6.45, 7) is 4.01. The number of aryl methyl sites for hydroxylation is 2. The molecule has 1 amide bonds. The molecule has 4 nitrogen and oxygen atoms in total. The molecular weight excluding hydrogens is 384 g/mol. The zero-order valence-electron chi connectivity index (χ0n) is 17.8. The first-order valence-electron chi connectivity index (χ1n) is 10.5. The molecule has 0 radical (unpaired) electrons. The van der Waals surface area contributed by atoms with E-state index >= 15 is 0 Å². The molecule has 0 fully saturated rings. The predicted octanol–water partition coefficient (Wildman–Crippen LogP) is 4.77. The van der Waals surface area contributed by atoms with Crippen molar-refractivity contribution in [1.82, 2.24) is 5.32 Å². The molecule has 0 heterocycles. The maximum Gasteiger partial charge on any atom is 0.247 e. The fourth-order valence-corrected chi connectivity index (χ4v) is 4.02. The summed E-state index contributed by atoms with van der Waals surface area (Å²) in [5.41, 5.74) is 6.15. The van der Waals surface area contributed by atoms with Crippen molar-refractivity contribution in [3.63, 3.8) is 0 Å². The summed E-state index contributed by atoms with van der Waals surface area (Å²) < 4.78 is 0. The van der Waals surface area contributed by atoms with Gasteiger partial charge in [0.1, 0.15) is 6.04 Å². The molecule has 0 saturated heterocycles. The second-order valence-corrected chi connectivity index (χ2v) is 8.06. The van der Waals surface area contributed by atoms with Crippen LogP contribution in [0.25, 0.3) is 0 Å². The first kappa shape index (κ1) is 20.6. The lowest BCUT2D eigenvalue weighted by atomic mass is 9.93. The van der Waals surface area contributed by atoms with Crippen molar-refractivity contribution in [3.8, 4) is 0 Å². The molecule has 1 atom stereocenters. The number of Topliss-reactive ketones (excluding diaryl/α,β-unsaturated/α-hetero) is 1. The van der Waals surface area contributed by atoms with Crippen LogP contribution in [0, 0.1) is 13.8 Å². The normalized spacial score (nSPS) is 13.7. The van der Waals surface area contributed by atoms with Crippen LogP contribution in [-0.4, -0.2) is 17.7 Å². The van der Waals surface area contributed by atoms with Crippen LogP contribution in [0.2, 0.25) is 0 Å². The van der Waals surface area contributed by atoms with Crippen LogP contribution < -0.4 is 10.6 Å². The maximum atomic E-state index is 13.3. The minimum atomic E-state index is -0.580. The lowest BCUT2D eigenvalue weighted by molar-refractivity contribution is -0.117. The number of ketones is 1. The van der Waals surface area contributed by atoms with Crippen molar-refractivity contribution < 1.29 is 9.59 Å². The van der Waals surface area contributed by atoms with Crippen molar-refractivity contribution in [2.45, 2.75) is 32.7 Å². The molecule has 4 rings (SSSR count). The number of carbonyl (C=O) groups is 2. The highest BCUT2D eigenvalue weighted by atomic mass is 16.2. The Morgan fingerprint density at radius 1 is 0.935 bits per heavy atom. The molecule has 31 heavy (non-hydrogen) atoms. The van der Waals surface area contributed by atoms with Crippen LogP contribution in [0.4, 0.5) is 5.69 Å². The van der Waals surface area contributed by atoms with Gasteiger partial charge in [0.25, 0.3) is 0 Å². The van der Waals surface area contributed by atoms with Crippen molar-refractivity contribution in [2.75, 3.05) is 5.32 Å². The van der Waals surface area contributed by atoms with E-state index in [-0.39, 0.29) is 11.7 Å². The molecule has 4 heteroatoms. The lowest BCUT2D eigenvalue weighted by Gasteiger charge is -2.24. The molecule has 0 aliphatic heterocycles. The van der Waals surface area contributed by atoms with Crippen LogP contribution >= 0.6 is 0 Å². The van der Waals surface area contributed by atoms with Gasteiger partial charge < -0.3 is 10.6 Å². The average molecular weight is 411 g/mol. The maximum absolute atomic E-state index is 13.3. The summed E-state index contributed by atoms with van der Waals surface area (Å²) in [5, 5.41) is 6.27. The standard InChI is InChI=1S/C27H26N2O2/c1-18-14-19(2)16-22(15-18)28-27(31)25(17-20-8-4-3-5-9-20)29-24-13-12-21-10-6-7-11-23(21)26(24)30/h3-11,13-16,25,29H,12,17H2,1-2H3,(H,28,31)/t25-/m1/s1. The van der Waals surface area contributed by atoms with E-state index in [0.29, 0.717) is 24.1 Å². The minimum Gasteiger partial charge on any atom is -0.370 e. The number of hydrogen-bond acceptors (Lipinski definition) is 3. The molecular formula is C27H26N2O2. The highest BCUT2D eigenvalue weighted by molar-refractivity contribution is 6.11. The molecule has 0 saturated carbocycles. The highest BCUT2D eigenvalue weighted by Gasteiger charge is 2.26. The van der Waals surface area contributed by atoms with E-state index in [1.165, 1.54) is 0 Å². The fourth-order valence-electron chi connectivity index (χ4n) is 4.02. The Bertz CT molecular complexity index is 1130. The number of hydrogen-bond donors (Lipinski definition) is 2. The van der Waals surface area contributed by atoms with Crippen LogP contribution in [0.15, 0.2) is 84.6 Å². The third kappa shape index (κ3) is 4.92. The third-order valence-electron chi connectivity index (χ3n) is 5.45. The van der Waals surface area contributed by atoms with E-state index in [1.807, 2.05) is 86.7 Å². The van der Waals surface area contributed by atoms with Gasteiger partial charge in [-0.1, -0.05) is 66.7 Å². The quantitative estimate of drug-likeness (QED) is 0.616. The molecule has 2 N–H and O–H groups in total. The minimum absolute atomic E-state index is 0.0703. The SMILES string of the molecule is Cc1cc(C)cc(NC(=O)[C@@H](Cc2ccccc2)NC2=CCc3ccccc3C2=O)c1.